The highest BCUT2D eigenvalue weighted by atomic mass is 16.4. The number of carboxylic acid groups (broad SMARTS) is 1. The zero-order chi connectivity index (χ0) is 13.0. The SMILES string of the molecule is CNC(=O)c1cccc(CC(N)C(=O)O)c1O. The number of rotatable bonds is 4. The first-order valence-electron chi connectivity index (χ1n) is 4.98. The van der Waals surface area contributed by atoms with E-state index in [0.717, 1.165) is 0 Å². The molecule has 1 amide bonds. The van der Waals surface area contributed by atoms with Crippen molar-refractivity contribution in [3.05, 3.63) is 29.3 Å². The summed E-state index contributed by atoms with van der Waals surface area (Å²) in [6.07, 6.45) is -0.0357. The second-order valence-electron chi connectivity index (χ2n) is 3.54. The second kappa shape index (κ2) is 5.31. The van der Waals surface area contributed by atoms with Crippen molar-refractivity contribution in [2.75, 3.05) is 7.05 Å². The van der Waals surface area contributed by atoms with Gasteiger partial charge in [-0.3, -0.25) is 9.59 Å². The lowest BCUT2D eigenvalue weighted by Crippen LogP contribution is -2.32. The van der Waals surface area contributed by atoms with Crippen LogP contribution in [0.2, 0.25) is 0 Å². The van der Waals surface area contributed by atoms with Crippen molar-refractivity contribution < 1.29 is 19.8 Å². The van der Waals surface area contributed by atoms with E-state index in [1.165, 1.54) is 19.2 Å². The van der Waals surface area contributed by atoms with Crippen LogP contribution < -0.4 is 11.1 Å². The van der Waals surface area contributed by atoms with Crippen LogP contribution in [-0.4, -0.2) is 35.2 Å². The van der Waals surface area contributed by atoms with Gasteiger partial charge in [-0.15, -0.1) is 0 Å². The van der Waals surface area contributed by atoms with Gasteiger partial charge in [-0.05, 0) is 11.6 Å². The van der Waals surface area contributed by atoms with E-state index >= 15 is 0 Å². The molecule has 6 nitrogen and oxygen atoms in total. The fraction of sp³-hybridized carbons (Fsp3) is 0.273. The normalized spacial score (nSPS) is 11.9. The maximum absolute atomic E-state index is 11.4. The zero-order valence-electron chi connectivity index (χ0n) is 9.30. The molecule has 0 heterocycles. The standard InChI is InChI=1S/C11H14N2O4/c1-13-10(15)7-4-2-3-6(9(7)14)5-8(12)11(16)17/h2-4,8,14H,5,12H2,1H3,(H,13,15)(H,16,17). The number of benzene rings is 1. The average Bonchev–Trinajstić information content (AvgIpc) is 2.30. The quantitative estimate of drug-likeness (QED) is 0.575. The Kier molecular flexibility index (Phi) is 4.06. The van der Waals surface area contributed by atoms with Crippen molar-refractivity contribution in [2.24, 2.45) is 5.73 Å². The minimum Gasteiger partial charge on any atom is -0.507 e. The number of nitrogens with one attached hydrogen (secondary N) is 1. The number of para-hydroxylation sites is 1. The Hall–Kier alpha value is -2.08. The van der Waals surface area contributed by atoms with Crippen LogP contribution in [0.25, 0.3) is 0 Å². The van der Waals surface area contributed by atoms with Crippen LogP contribution in [-0.2, 0) is 11.2 Å². The van der Waals surface area contributed by atoms with Crippen LogP contribution in [0.3, 0.4) is 0 Å². The fourth-order valence-electron chi connectivity index (χ4n) is 1.40. The number of aromatic hydroxyl groups is 1. The van der Waals surface area contributed by atoms with E-state index in [4.69, 9.17) is 10.8 Å². The van der Waals surface area contributed by atoms with E-state index < -0.39 is 17.9 Å². The molecule has 1 rings (SSSR count). The van der Waals surface area contributed by atoms with E-state index in [1.807, 2.05) is 0 Å². The van der Waals surface area contributed by atoms with Crippen LogP contribution in [0.4, 0.5) is 0 Å². The van der Waals surface area contributed by atoms with Crippen LogP contribution >= 0.6 is 0 Å². The first kappa shape index (κ1) is 13.0. The van der Waals surface area contributed by atoms with Gasteiger partial charge in [-0.25, -0.2) is 0 Å². The van der Waals surface area contributed by atoms with Crippen LogP contribution in [0, 0.1) is 0 Å². The third-order valence-electron chi connectivity index (χ3n) is 2.35. The van der Waals surface area contributed by atoms with Gasteiger partial charge in [-0.2, -0.15) is 0 Å². The predicted molar refractivity (Wildman–Crippen MR) is 60.8 cm³/mol. The summed E-state index contributed by atoms with van der Waals surface area (Å²) in [6.45, 7) is 0. The molecule has 0 radical (unpaired) electrons. The monoisotopic (exact) mass is 238 g/mol. The van der Waals surface area contributed by atoms with Gasteiger partial charge in [0.1, 0.15) is 11.8 Å². The van der Waals surface area contributed by atoms with E-state index in [1.54, 1.807) is 6.07 Å². The topological polar surface area (TPSA) is 113 Å². The molecule has 0 saturated carbocycles. The summed E-state index contributed by atoms with van der Waals surface area (Å²) < 4.78 is 0. The summed E-state index contributed by atoms with van der Waals surface area (Å²) in [5.41, 5.74) is 5.80. The van der Waals surface area contributed by atoms with Gasteiger partial charge in [0.15, 0.2) is 0 Å². The molecule has 1 aromatic rings. The molecule has 5 N–H and O–H groups in total. The summed E-state index contributed by atoms with van der Waals surface area (Å²) in [7, 11) is 1.44. The second-order valence-corrected chi connectivity index (χ2v) is 3.54. The Labute approximate surface area is 98.1 Å². The van der Waals surface area contributed by atoms with Crippen LogP contribution in [0.5, 0.6) is 5.75 Å². The number of carbonyl (C=O) groups excluding carboxylic acids is 1. The molecule has 0 fully saturated rings. The number of phenols is 1. The Morgan fingerprint density at radius 1 is 1.47 bits per heavy atom. The van der Waals surface area contributed by atoms with Gasteiger partial charge in [0, 0.05) is 13.5 Å². The van der Waals surface area contributed by atoms with Crippen molar-refractivity contribution in [3.63, 3.8) is 0 Å². The first-order valence-corrected chi connectivity index (χ1v) is 4.98. The first-order chi connectivity index (χ1) is 7.97. The summed E-state index contributed by atoms with van der Waals surface area (Å²) in [4.78, 5) is 22.0. The number of phenolic OH excluding ortho intramolecular Hbond substituents is 1. The van der Waals surface area contributed by atoms with E-state index in [2.05, 4.69) is 5.32 Å². The molecular formula is C11H14N2O4. The van der Waals surface area contributed by atoms with Gasteiger partial charge in [0.2, 0.25) is 0 Å². The highest BCUT2D eigenvalue weighted by Gasteiger charge is 2.18. The summed E-state index contributed by atoms with van der Waals surface area (Å²) in [5, 5.41) is 20.9. The molecule has 0 spiro atoms. The Morgan fingerprint density at radius 3 is 2.65 bits per heavy atom. The third-order valence-corrected chi connectivity index (χ3v) is 2.35. The molecule has 0 bridgehead atoms. The number of carboxylic acids is 1. The molecule has 0 aromatic heterocycles. The highest BCUT2D eigenvalue weighted by Crippen LogP contribution is 2.23. The molecule has 0 saturated heterocycles. The molecule has 0 aliphatic heterocycles. The smallest absolute Gasteiger partial charge is 0.320 e. The maximum Gasteiger partial charge on any atom is 0.320 e. The molecule has 1 atom stereocenters. The largest absolute Gasteiger partial charge is 0.507 e. The minimum atomic E-state index is -1.16. The van der Waals surface area contributed by atoms with Gasteiger partial charge in [0.05, 0.1) is 5.56 Å². The third kappa shape index (κ3) is 2.94. The number of hydrogen-bond donors (Lipinski definition) is 4. The van der Waals surface area contributed by atoms with Gasteiger partial charge in [-0.1, -0.05) is 12.1 Å². The van der Waals surface area contributed by atoms with Crippen LogP contribution in [0.1, 0.15) is 15.9 Å². The molecular weight excluding hydrogens is 224 g/mol. The maximum atomic E-state index is 11.4. The lowest BCUT2D eigenvalue weighted by molar-refractivity contribution is -0.138. The van der Waals surface area contributed by atoms with E-state index in [0.29, 0.717) is 5.56 Å². The van der Waals surface area contributed by atoms with Crippen LogP contribution in [0.15, 0.2) is 18.2 Å². The Balaban J connectivity index is 3.02. The number of carbonyl (C=O) groups is 2. The number of aliphatic carboxylic acids is 1. The average molecular weight is 238 g/mol. The highest BCUT2D eigenvalue weighted by molar-refractivity contribution is 5.97. The number of amides is 1. The molecule has 1 aromatic carbocycles. The van der Waals surface area contributed by atoms with Gasteiger partial charge >= 0.3 is 5.97 Å². The number of nitrogens with two attached hydrogens (primary N) is 1. The van der Waals surface area contributed by atoms with Gasteiger partial charge < -0.3 is 21.3 Å². The van der Waals surface area contributed by atoms with Crippen molar-refractivity contribution in [1.29, 1.82) is 0 Å². The van der Waals surface area contributed by atoms with Crippen molar-refractivity contribution >= 4 is 11.9 Å². The zero-order valence-corrected chi connectivity index (χ0v) is 9.30. The molecule has 17 heavy (non-hydrogen) atoms. The Bertz CT molecular complexity index is 445. The molecule has 1 unspecified atom stereocenters. The lowest BCUT2D eigenvalue weighted by Gasteiger charge is -2.11. The summed E-state index contributed by atoms with van der Waals surface area (Å²) in [6, 6.07) is 3.43. The van der Waals surface area contributed by atoms with E-state index in [9.17, 15) is 14.7 Å². The number of hydrogen-bond acceptors (Lipinski definition) is 4. The Morgan fingerprint density at radius 2 is 2.12 bits per heavy atom. The minimum absolute atomic E-state index is 0.0357. The summed E-state index contributed by atoms with van der Waals surface area (Å²) >= 11 is 0. The van der Waals surface area contributed by atoms with Crippen molar-refractivity contribution in [3.8, 4) is 5.75 Å². The fourth-order valence-corrected chi connectivity index (χ4v) is 1.40. The van der Waals surface area contributed by atoms with Crippen molar-refractivity contribution in [2.45, 2.75) is 12.5 Å². The lowest BCUT2D eigenvalue weighted by atomic mass is 10.0. The van der Waals surface area contributed by atoms with Crippen molar-refractivity contribution in [1.82, 2.24) is 5.32 Å². The summed E-state index contributed by atoms with van der Waals surface area (Å²) in [5.74, 6) is -1.83. The van der Waals surface area contributed by atoms with E-state index in [-0.39, 0.29) is 17.7 Å². The molecule has 0 aliphatic rings. The van der Waals surface area contributed by atoms with Gasteiger partial charge in [0.25, 0.3) is 5.91 Å². The molecule has 0 aliphatic carbocycles. The predicted octanol–water partition coefficient (Wildman–Crippen LogP) is -0.294. The molecule has 92 valence electrons. The molecule has 6 heteroatoms.